The van der Waals surface area contributed by atoms with E-state index in [1.165, 1.54) is 6.21 Å². The van der Waals surface area contributed by atoms with Crippen LogP contribution in [0.15, 0.2) is 16.5 Å². The van der Waals surface area contributed by atoms with Gasteiger partial charge in [0, 0.05) is 13.1 Å². The van der Waals surface area contributed by atoms with Crippen LogP contribution in [0.2, 0.25) is 0 Å². The van der Waals surface area contributed by atoms with Crippen molar-refractivity contribution >= 4 is 12.1 Å². The summed E-state index contributed by atoms with van der Waals surface area (Å²) in [5.41, 5.74) is 0. The third-order valence-electron chi connectivity index (χ3n) is 1.02. The average Bonchev–Trinajstić information content (AvgIpc) is 2.34. The highest BCUT2D eigenvalue weighted by atomic mass is 16.4. The molecule has 48 valence electrons. The van der Waals surface area contributed by atoms with Crippen LogP contribution in [0.4, 0.5) is 5.88 Å². The van der Waals surface area contributed by atoms with Gasteiger partial charge in [-0.3, -0.25) is 0 Å². The molecule has 0 aliphatic heterocycles. The van der Waals surface area contributed by atoms with Crippen LogP contribution in [0, 0.1) is 5.41 Å². The smallest absolute Gasteiger partial charge is 0.193 e. The zero-order valence-corrected chi connectivity index (χ0v) is 5.14. The number of hydrogen-bond donors (Lipinski definition) is 2. The Morgan fingerprint density at radius 1 is 1.67 bits per heavy atom. The summed E-state index contributed by atoms with van der Waals surface area (Å²) < 4.78 is 5.03. The average molecular weight is 124 g/mol. The monoisotopic (exact) mass is 124 g/mol. The van der Waals surface area contributed by atoms with E-state index in [4.69, 9.17) is 9.83 Å². The lowest BCUT2D eigenvalue weighted by atomic mass is 10.5. The molecule has 9 heavy (non-hydrogen) atoms. The second kappa shape index (κ2) is 2.35. The van der Waals surface area contributed by atoms with Crippen molar-refractivity contribution in [2.75, 3.05) is 12.4 Å². The molecule has 3 nitrogen and oxygen atoms in total. The van der Waals surface area contributed by atoms with Crippen LogP contribution in [-0.4, -0.2) is 13.3 Å². The SMILES string of the molecule is CNc1ccc(C=N)o1. The Hall–Kier alpha value is -1.25. The summed E-state index contributed by atoms with van der Waals surface area (Å²) in [5.74, 6) is 1.26. The van der Waals surface area contributed by atoms with Crippen molar-refractivity contribution in [1.29, 1.82) is 5.41 Å². The first-order valence-corrected chi connectivity index (χ1v) is 2.65. The minimum Gasteiger partial charge on any atom is -0.440 e. The Balaban J connectivity index is 2.86. The molecule has 1 aromatic heterocycles. The highest BCUT2D eigenvalue weighted by Crippen LogP contribution is 2.09. The Bertz CT molecular complexity index is 205. The molecule has 1 heterocycles. The standard InChI is InChI=1S/C6H8N2O/c1-8-6-3-2-5(4-7)9-6/h2-4,7-8H,1H3. The molecular weight excluding hydrogens is 116 g/mol. The normalized spacial score (nSPS) is 9.00. The van der Waals surface area contributed by atoms with E-state index in [0.717, 1.165) is 0 Å². The van der Waals surface area contributed by atoms with E-state index in [1.54, 1.807) is 19.2 Å². The molecule has 3 heteroatoms. The van der Waals surface area contributed by atoms with E-state index in [2.05, 4.69) is 5.32 Å². The fourth-order valence-corrected chi connectivity index (χ4v) is 0.565. The molecule has 1 aromatic rings. The molecule has 2 N–H and O–H groups in total. The lowest BCUT2D eigenvalue weighted by Crippen LogP contribution is -1.82. The van der Waals surface area contributed by atoms with Crippen molar-refractivity contribution in [1.82, 2.24) is 0 Å². The second-order valence-corrected chi connectivity index (χ2v) is 1.60. The summed E-state index contributed by atoms with van der Waals surface area (Å²) in [5, 5.41) is 9.60. The quantitative estimate of drug-likeness (QED) is 0.584. The molecule has 1 rings (SSSR count). The second-order valence-electron chi connectivity index (χ2n) is 1.60. The van der Waals surface area contributed by atoms with Crippen LogP contribution < -0.4 is 5.32 Å². The van der Waals surface area contributed by atoms with Gasteiger partial charge >= 0.3 is 0 Å². The Labute approximate surface area is 53.2 Å². The Morgan fingerprint density at radius 3 is 2.78 bits per heavy atom. The van der Waals surface area contributed by atoms with Crippen molar-refractivity contribution < 1.29 is 4.42 Å². The maximum absolute atomic E-state index is 6.79. The molecule has 0 fully saturated rings. The first-order valence-electron chi connectivity index (χ1n) is 2.65. The van der Waals surface area contributed by atoms with E-state index < -0.39 is 0 Å². The van der Waals surface area contributed by atoms with Crippen molar-refractivity contribution in [3.05, 3.63) is 17.9 Å². The Morgan fingerprint density at radius 2 is 2.44 bits per heavy atom. The van der Waals surface area contributed by atoms with Crippen molar-refractivity contribution in [2.24, 2.45) is 0 Å². The van der Waals surface area contributed by atoms with Gasteiger partial charge < -0.3 is 15.1 Å². The van der Waals surface area contributed by atoms with Gasteiger partial charge in [-0.2, -0.15) is 0 Å². The van der Waals surface area contributed by atoms with Gasteiger partial charge in [-0.25, -0.2) is 0 Å². The van der Waals surface area contributed by atoms with Gasteiger partial charge in [-0.1, -0.05) is 0 Å². The topological polar surface area (TPSA) is 49.0 Å². The van der Waals surface area contributed by atoms with Gasteiger partial charge in [0.1, 0.15) is 5.76 Å². The molecule has 0 atom stereocenters. The predicted molar refractivity (Wildman–Crippen MR) is 36.1 cm³/mol. The molecule has 0 amide bonds. The van der Waals surface area contributed by atoms with E-state index in [0.29, 0.717) is 11.6 Å². The van der Waals surface area contributed by atoms with Crippen LogP contribution in [0.1, 0.15) is 5.76 Å². The summed E-state index contributed by atoms with van der Waals surface area (Å²) in [6, 6.07) is 3.51. The molecule has 0 unspecified atom stereocenters. The lowest BCUT2D eigenvalue weighted by molar-refractivity contribution is 0.575. The number of furan rings is 1. The van der Waals surface area contributed by atoms with Gasteiger partial charge in [-0.05, 0) is 6.07 Å². The molecule has 0 aliphatic carbocycles. The summed E-state index contributed by atoms with van der Waals surface area (Å²) in [7, 11) is 1.77. The Kier molecular flexibility index (Phi) is 1.53. The van der Waals surface area contributed by atoms with E-state index in [-0.39, 0.29) is 0 Å². The third-order valence-corrected chi connectivity index (χ3v) is 1.02. The number of rotatable bonds is 2. The number of hydrogen-bond acceptors (Lipinski definition) is 3. The molecular formula is C6H8N2O. The summed E-state index contributed by atoms with van der Waals surface area (Å²) in [6.45, 7) is 0. The molecule has 0 radical (unpaired) electrons. The number of nitrogens with one attached hydrogen (secondary N) is 2. The summed E-state index contributed by atoms with van der Waals surface area (Å²) in [6.07, 6.45) is 1.17. The van der Waals surface area contributed by atoms with Crippen molar-refractivity contribution in [3.8, 4) is 0 Å². The number of anilines is 1. The van der Waals surface area contributed by atoms with Crippen LogP contribution in [0.5, 0.6) is 0 Å². The minimum absolute atomic E-state index is 0.569. The van der Waals surface area contributed by atoms with E-state index in [1.807, 2.05) is 0 Å². The highest BCUT2D eigenvalue weighted by molar-refractivity contribution is 5.73. The van der Waals surface area contributed by atoms with Crippen LogP contribution >= 0.6 is 0 Å². The third kappa shape index (κ3) is 1.10. The van der Waals surface area contributed by atoms with Crippen molar-refractivity contribution in [3.63, 3.8) is 0 Å². The zero-order chi connectivity index (χ0) is 6.69. The lowest BCUT2D eigenvalue weighted by Gasteiger charge is -1.87. The van der Waals surface area contributed by atoms with E-state index >= 15 is 0 Å². The van der Waals surface area contributed by atoms with Gasteiger partial charge in [-0.15, -0.1) is 0 Å². The van der Waals surface area contributed by atoms with Gasteiger partial charge in [0.2, 0.25) is 0 Å². The fraction of sp³-hybridized carbons (Fsp3) is 0.167. The molecule has 0 saturated carbocycles. The fourth-order valence-electron chi connectivity index (χ4n) is 0.565. The maximum atomic E-state index is 6.79. The summed E-state index contributed by atoms with van der Waals surface area (Å²) in [4.78, 5) is 0. The first kappa shape index (κ1) is 5.88. The highest BCUT2D eigenvalue weighted by Gasteiger charge is 1.93. The van der Waals surface area contributed by atoms with Gasteiger partial charge in [0.25, 0.3) is 0 Å². The maximum Gasteiger partial charge on any atom is 0.193 e. The van der Waals surface area contributed by atoms with Gasteiger partial charge in [0.15, 0.2) is 5.88 Å². The zero-order valence-electron chi connectivity index (χ0n) is 5.14. The van der Waals surface area contributed by atoms with Crippen molar-refractivity contribution in [2.45, 2.75) is 0 Å². The van der Waals surface area contributed by atoms with Crippen LogP contribution in [0.3, 0.4) is 0 Å². The molecule has 0 aromatic carbocycles. The summed E-state index contributed by atoms with van der Waals surface area (Å²) >= 11 is 0. The largest absolute Gasteiger partial charge is 0.440 e. The molecule has 0 saturated heterocycles. The first-order chi connectivity index (χ1) is 4.36. The minimum atomic E-state index is 0.569. The van der Waals surface area contributed by atoms with Gasteiger partial charge in [0.05, 0.1) is 6.21 Å². The molecule has 0 spiro atoms. The van der Waals surface area contributed by atoms with Crippen LogP contribution in [-0.2, 0) is 0 Å². The van der Waals surface area contributed by atoms with E-state index in [9.17, 15) is 0 Å². The predicted octanol–water partition coefficient (Wildman–Crippen LogP) is 1.32. The van der Waals surface area contributed by atoms with Crippen LogP contribution in [0.25, 0.3) is 0 Å². The molecule has 0 bridgehead atoms. The molecule has 0 aliphatic rings.